The van der Waals surface area contributed by atoms with Crippen molar-refractivity contribution in [3.8, 4) is 0 Å². The predicted octanol–water partition coefficient (Wildman–Crippen LogP) is 3.46. The Morgan fingerprint density at radius 1 is 1.04 bits per heavy atom. The van der Waals surface area contributed by atoms with Crippen molar-refractivity contribution in [2.24, 2.45) is 0 Å². The average Bonchev–Trinajstić information content (AvgIpc) is 3.06. The third-order valence-corrected chi connectivity index (χ3v) is 4.31. The lowest BCUT2D eigenvalue weighted by Crippen LogP contribution is -2.48. The normalized spacial score (nSPS) is 16.1. The van der Waals surface area contributed by atoms with Gasteiger partial charge in [0.15, 0.2) is 0 Å². The Morgan fingerprint density at radius 3 is 2.48 bits per heavy atom. The summed E-state index contributed by atoms with van der Waals surface area (Å²) in [5.74, 6) is 1.62. The van der Waals surface area contributed by atoms with Crippen molar-refractivity contribution in [3.63, 3.8) is 0 Å². The molecule has 2 aromatic rings. The lowest BCUT2D eigenvalue weighted by molar-refractivity contribution is -0.127. The molecule has 25 heavy (non-hydrogen) atoms. The summed E-state index contributed by atoms with van der Waals surface area (Å²) < 4.78 is 5.45. The Balaban J connectivity index is 1.43. The van der Waals surface area contributed by atoms with Crippen LogP contribution in [-0.2, 0) is 4.79 Å². The minimum absolute atomic E-state index is 0.0496. The van der Waals surface area contributed by atoms with Crippen LogP contribution in [0.1, 0.15) is 17.1 Å². The van der Waals surface area contributed by atoms with Crippen LogP contribution in [0.2, 0.25) is 0 Å². The molecule has 1 aromatic heterocycles. The molecule has 4 nitrogen and oxygen atoms in total. The van der Waals surface area contributed by atoms with Crippen molar-refractivity contribution >= 4 is 18.1 Å². The predicted molar refractivity (Wildman–Crippen MR) is 101 cm³/mol. The molecular formula is C21H24N2O2. The first-order valence-electron chi connectivity index (χ1n) is 8.68. The first-order valence-corrected chi connectivity index (χ1v) is 8.68. The Labute approximate surface area is 149 Å². The molecule has 1 aliphatic rings. The third kappa shape index (κ3) is 5.19. The van der Waals surface area contributed by atoms with E-state index in [-0.39, 0.29) is 5.91 Å². The van der Waals surface area contributed by atoms with E-state index in [1.54, 1.807) is 12.2 Å². The number of nitrogens with zero attached hydrogens (tertiary/aromatic N) is 2. The fourth-order valence-corrected chi connectivity index (χ4v) is 2.85. The van der Waals surface area contributed by atoms with Gasteiger partial charge in [-0.05, 0) is 30.7 Å². The Hall–Kier alpha value is -2.59. The molecule has 130 valence electrons. The highest BCUT2D eigenvalue weighted by Crippen LogP contribution is 2.09. The van der Waals surface area contributed by atoms with Crippen molar-refractivity contribution in [2.75, 3.05) is 32.7 Å². The number of carbonyl (C=O) groups is 1. The van der Waals surface area contributed by atoms with Crippen molar-refractivity contribution in [1.82, 2.24) is 9.80 Å². The average molecular weight is 336 g/mol. The van der Waals surface area contributed by atoms with Gasteiger partial charge in [-0.15, -0.1) is 0 Å². The maximum absolute atomic E-state index is 12.2. The summed E-state index contributed by atoms with van der Waals surface area (Å²) in [4.78, 5) is 16.5. The van der Waals surface area contributed by atoms with E-state index in [2.05, 4.69) is 29.2 Å². The van der Waals surface area contributed by atoms with E-state index in [4.69, 9.17) is 4.42 Å². The summed E-state index contributed by atoms with van der Waals surface area (Å²) in [6.07, 6.45) is 7.67. The summed E-state index contributed by atoms with van der Waals surface area (Å²) in [5, 5.41) is 0. The number of carbonyl (C=O) groups excluding carboxylic acids is 1. The Kier molecular flexibility index (Phi) is 5.86. The van der Waals surface area contributed by atoms with E-state index in [1.165, 1.54) is 5.56 Å². The number of piperazine rings is 1. The van der Waals surface area contributed by atoms with E-state index in [0.29, 0.717) is 0 Å². The molecule has 0 unspecified atom stereocenters. The van der Waals surface area contributed by atoms with Gasteiger partial charge in [0, 0.05) is 38.8 Å². The van der Waals surface area contributed by atoms with Crippen molar-refractivity contribution in [1.29, 1.82) is 0 Å². The zero-order chi connectivity index (χ0) is 17.5. The van der Waals surface area contributed by atoms with Crippen LogP contribution >= 0.6 is 0 Å². The van der Waals surface area contributed by atoms with Gasteiger partial charge in [0.2, 0.25) is 5.91 Å². The van der Waals surface area contributed by atoms with Crippen LogP contribution < -0.4 is 0 Å². The summed E-state index contributed by atoms with van der Waals surface area (Å²) in [6.45, 7) is 6.14. The number of aryl methyl sites for hydroxylation is 1. The van der Waals surface area contributed by atoms with Crippen LogP contribution in [0.15, 0.2) is 59.0 Å². The van der Waals surface area contributed by atoms with Crippen LogP contribution in [0.4, 0.5) is 0 Å². The zero-order valence-electron chi connectivity index (χ0n) is 14.6. The van der Waals surface area contributed by atoms with Gasteiger partial charge in [-0.25, -0.2) is 0 Å². The minimum atomic E-state index is 0.0496. The molecule has 0 N–H and O–H groups in total. The molecular weight excluding hydrogens is 312 g/mol. The van der Waals surface area contributed by atoms with E-state index in [0.717, 1.165) is 44.2 Å². The van der Waals surface area contributed by atoms with Gasteiger partial charge in [-0.3, -0.25) is 9.69 Å². The monoisotopic (exact) mass is 336 g/mol. The maximum Gasteiger partial charge on any atom is 0.246 e. The number of hydrogen-bond donors (Lipinski definition) is 0. The highest BCUT2D eigenvalue weighted by molar-refractivity contribution is 5.91. The topological polar surface area (TPSA) is 36.7 Å². The van der Waals surface area contributed by atoms with Crippen molar-refractivity contribution < 1.29 is 9.21 Å². The lowest BCUT2D eigenvalue weighted by atomic mass is 10.2. The van der Waals surface area contributed by atoms with Gasteiger partial charge in [0.05, 0.1) is 0 Å². The molecule has 1 fully saturated rings. The Bertz CT molecular complexity index is 738. The van der Waals surface area contributed by atoms with E-state index in [9.17, 15) is 4.79 Å². The molecule has 1 aromatic carbocycles. The number of furan rings is 1. The van der Waals surface area contributed by atoms with E-state index >= 15 is 0 Å². The second-order valence-corrected chi connectivity index (χ2v) is 6.22. The molecule has 1 amide bonds. The van der Waals surface area contributed by atoms with Crippen LogP contribution in [0.25, 0.3) is 12.2 Å². The largest absolute Gasteiger partial charge is 0.462 e. The first kappa shape index (κ1) is 17.2. The molecule has 0 aliphatic carbocycles. The summed E-state index contributed by atoms with van der Waals surface area (Å²) in [5.41, 5.74) is 1.22. The number of benzene rings is 1. The summed E-state index contributed by atoms with van der Waals surface area (Å²) in [7, 11) is 0. The minimum Gasteiger partial charge on any atom is -0.462 e. The third-order valence-electron chi connectivity index (χ3n) is 4.31. The first-order chi connectivity index (χ1) is 12.2. The van der Waals surface area contributed by atoms with Crippen molar-refractivity contribution in [2.45, 2.75) is 6.92 Å². The van der Waals surface area contributed by atoms with Crippen LogP contribution in [0.5, 0.6) is 0 Å². The number of amides is 1. The van der Waals surface area contributed by atoms with Gasteiger partial charge in [-0.2, -0.15) is 0 Å². The van der Waals surface area contributed by atoms with Crippen molar-refractivity contribution in [3.05, 3.63) is 71.7 Å². The molecule has 0 saturated carbocycles. The maximum atomic E-state index is 12.2. The molecule has 0 spiro atoms. The molecule has 3 rings (SSSR count). The van der Waals surface area contributed by atoms with E-state index < -0.39 is 0 Å². The highest BCUT2D eigenvalue weighted by Gasteiger charge is 2.18. The molecule has 0 atom stereocenters. The number of rotatable bonds is 5. The molecule has 4 heteroatoms. The van der Waals surface area contributed by atoms with Crippen LogP contribution in [0, 0.1) is 6.92 Å². The second kappa shape index (κ2) is 8.49. The van der Waals surface area contributed by atoms with Gasteiger partial charge in [0.1, 0.15) is 11.5 Å². The molecule has 2 heterocycles. The second-order valence-electron chi connectivity index (χ2n) is 6.22. The molecule has 1 aliphatic heterocycles. The quantitative estimate of drug-likeness (QED) is 0.785. The molecule has 0 bridgehead atoms. The van der Waals surface area contributed by atoms with Gasteiger partial charge in [-0.1, -0.05) is 42.5 Å². The molecule has 0 radical (unpaired) electrons. The summed E-state index contributed by atoms with van der Waals surface area (Å²) in [6, 6.07) is 14.1. The van der Waals surface area contributed by atoms with Gasteiger partial charge >= 0.3 is 0 Å². The fraction of sp³-hybridized carbons (Fsp3) is 0.286. The smallest absolute Gasteiger partial charge is 0.246 e. The lowest BCUT2D eigenvalue weighted by Gasteiger charge is -2.33. The van der Waals surface area contributed by atoms with E-state index in [1.807, 2.05) is 42.2 Å². The van der Waals surface area contributed by atoms with Gasteiger partial charge < -0.3 is 9.32 Å². The highest BCUT2D eigenvalue weighted by atomic mass is 16.3. The SMILES string of the molecule is Cc1ccc(/C=C/C(=O)N2CCN(CC=Cc3ccccc3)CC2)o1. The standard InChI is InChI=1S/C21H24N2O2/c1-18-9-10-20(25-18)11-12-21(24)23-16-14-22(15-17-23)13-5-8-19-6-3-2-4-7-19/h2-12H,13-17H2,1H3/b8-5?,12-11+. The summed E-state index contributed by atoms with van der Waals surface area (Å²) >= 11 is 0. The van der Waals surface area contributed by atoms with Gasteiger partial charge in [0.25, 0.3) is 0 Å². The fourth-order valence-electron chi connectivity index (χ4n) is 2.85. The zero-order valence-corrected chi connectivity index (χ0v) is 14.6. The Morgan fingerprint density at radius 2 is 1.80 bits per heavy atom. The van der Waals surface area contributed by atoms with Crippen LogP contribution in [0.3, 0.4) is 0 Å². The molecule has 1 saturated heterocycles. The van der Waals surface area contributed by atoms with Crippen LogP contribution in [-0.4, -0.2) is 48.4 Å². The number of hydrogen-bond acceptors (Lipinski definition) is 3.